The monoisotopic (exact) mass is 515 g/mol. The van der Waals surface area contributed by atoms with Crippen molar-refractivity contribution in [1.29, 1.82) is 0 Å². The Bertz CT molecular complexity index is 1090. The number of alkyl halides is 1. The summed E-state index contributed by atoms with van der Waals surface area (Å²) in [6, 6.07) is 3.59. The van der Waals surface area contributed by atoms with Gasteiger partial charge in [0.2, 0.25) is 0 Å². The van der Waals surface area contributed by atoms with Gasteiger partial charge >= 0.3 is 0 Å². The molecule has 1 aliphatic heterocycles. The van der Waals surface area contributed by atoms with Crippen LogP contribution >= 0.6 is 0 Å². The molecule has 204 valence electrons. The number of likely N-dealkylation sites (tertiary alicyclic amines) is 1. The second-order valence-electron chi connectivity index (χ2n) is 11.2. The van der Waals surface area contributed by atoms with Gasteiger partial charge < -0.3 is 10.0 Å². The fourth-order valence-electron chi connectivity index (χ4n) is 6.17. The molecule has 0 radical (unpaired) electrons. The number of aryl methyl sites for hydroxylation is 1. The van der Waals surface area contributed by atoms with E-state index in [-0.39, 0.29) is 24.6 Å². The van der Waals surface area contributed by atoms with E-state index in [4.69, 9.17) is 5.10 Å². The first kappa shape index (κ1) is 27.7. The first-order valence-corrected chi connectivity index (χ1v) is 14.2. The predicted molar refractivity (Wildman–Crippen MR) is 142 cm³/mol. The molecule has 7 heteroatoms. The molecule has 1 aromatic carbocycles. The van der Waals surface area contributed by atoms with Crippen molar-refractivity contribution in [2.45, 2.75) is 110 Å². The summed E-state index contributed by atoms with van der Waals surface area (Å²) in [4.78, 5) is 14.9. The quantitative estimate of drug-likeness (QED) is 0.362. The van der Waals surface area contributed by atoms with Crippen LogP contribution in [0.1, 0.15) is 109 Å². The highest BCUT2D eigenvalue weighted by atomic mass is 19.1. The Kier molecular flexibility index (Phi) is 9.04. The number of fused-ring (bicyclic) bond motifs is 1. The van der Waals surface area contributed by atoms with Crippen molar-refractivity contribution in [1.82, 2.24) is 14.7 Å². The number of hydrogen-bond acceptors (Lipinski definition) is 3. The van der Waals surface area contributed by atoms with Crippen LogP contribution in [0.25, 0.3) is 0 Å². The average molecular weight is 516 g/mol. The smallest absolute Gasteiger partial charge is 0.274 e. The lowest BCUT2D eigenvalue weighted by atomic mass is 9.85. The largest absolute Gasteiger partial charge is 0.393 e. The van der Waals surface area contributed by atoms with E-state index in [1.54, 1.807) is 11.0 Å². The van der Waals surface area contributed by atoms with Gasteiger partial charge in [0, 0.05) is 43.7 Å². The summed E-state index contributed by atoms with van der Waals surface area (Å²) in [5.41, 5.74) is 4.39. The molecule has 0 spiro atoms. The van der Waals surface area contributed by atoms with Gasteiger partial charge in [-0.1, -0.05) is 32.3 Å². The third-order valence-electron chi connectivity index (χ3n) is 8.70. The van der Waals surface area contributed by atoms with Crippen molar-refractivity contribution in [3.63, 3.8) is 0 Å². The molecule has 1 aliphatic carbocycles. The normalized spacial score (nSPS) is 17.7. The number of amides is 1. The minimum Gasteiger partial charge on any atom is -0.393 e. The lowest BCUT2D eigenvalue weighted by Crippen LogP contribution is -2.46. The maximum atomic E-state index is 14.4. The van der Waals surface area contributed by atoms with Gasteiger partial charge in [-0.25, -0.2) is 8.78 Å². The Labute approximate surface area is 220 Å². The minimum absolute atomic E-state index is 0.0933. The van der Waals surface area contributed by atoms with Crippen molar-refractivity contribution in [2.75, 3.05) is 19.7 Å². The highest BCUT2D eigenvalue weighted by Crippen LogP contribution is 2.33. The Morgan fingerprint density at radius 2 is 1.86 bits per heavy atom. The number of aliphatic hydroxyl groups excluding tert-OH is 1. The molecule has 4 rings (SSSR count). The molecule has 1 saturated heterocycles. The summed E-state index contributed by atoms with van der Waals surface area (Å²) in [6.45, 7) is 7.08. The van der Waals surface area contributed by atoms with Gasteiger partial charge in [0.1, 0.15) is 11.5 Å². The third-order valence-corrected chi connectivity index (χ3v) is 8.70. The van der Waals surface area contributed by atoms with E-state index < -0.39 is 12.3 Å². The van der Waals surface area contributed by atoms with Gasteiger partial charge in [0.15, 0.2) is 5.69 Å². The first-order valence-electron chi connectivity index (χ1n) is 14.2. The average Bonchev–Trinajstić information content (AvgIpc) is 3.50. The number of rotatable bonds is 11. The molecule has 1 unspecified atom stereocenters. The van der Waals surface area contributed by atoms with Crippen molar-refractivity contribution >= 4 is 5.91 Å². The molecular formula is C30H43F2N3O2. The number of aromatic nitrogens is 2. The van der Waals surface area contributed by atoms with Crippen LogP contribution in [0.5, 0.6) is 0 Å². The van der Waals surface area contributed by atoms with E-state index in [1.165, 1.54) is 11.3 Å². The van der Waals surface area contributed by atoms with E-state index in [2.05, 4.69) is 6.92 Å². The summed E-state index contributed by atoms with van der Waals surface area (Å²) in [7, 11) is 0. The van der Waals surface area contributed by atoms with Crippen LogP contribution in [0, 0.1) is 19.7 Å². The van der Waals surface area contributed by atoms with Crippen LogP contribution in [0.15, 0.2) is 12.1 Å². The van der Waals surface area contributed by atoms with Gasteiger partial charge in [-0.2, -0.15) is 5.10 Å². The van der Waals surface area contributed by atoms with E-state index >= 15 is 0 Å². The molecule has 1 fully saturated rings. The van der Waals surface area contributed by atoms with Gasteiger partial charge in [-0.3, -0.25) is 9.48 Å². The number of piperidine rings is 1. The van der Waals surface area contributed by atoms with Gasteiger partial charge in [-0.05, 0) is 81.0 Å². The van der Waals surface area contributed by atoms with Crippen LogP contribution in [0.2, 0.25) is 0 Å². The summed E-state index contributed by atoms with van der Waals surface area (Å²) in [5, 5.41) is 14.0. The van der Waals surface area contributed by atoms with Crippen LogP contribution < -0.4 is 0 Å². The predicted octanol–water partition coefficient (Wildman–Crippen LogP) is 6.21. The molecule has 1 atom stereocenters. The number of halogens is 2. The summed E-state index contributed by atoms with van der Waals surface area (Å²) in [6.07, 6.45) is 9.75. The number of unbranched alkanes of at least 4 members (excludes halogenated alkanes) is 2. The number of carbonyl (C=O) groups is 1. The Morgan fingerprint density at radius 1 is 1.11 bits per heavy atom. The van der Waals surface area contributed by atoms with Crippen LogP contribution in [-0.2, 0) is 19.4 Å². The number of hydrogen-bond donors (Lipinski definition) is 1. The molecule has 37 heavy (non-hydrogen) atoms. The van der Waals surface area contributed by atoms with Gasteiger partial charge in [-0.15, -0.1) is 0 Å². The second kappa shape index (κ2) is 12.1. The Balaban J connectivity index is 1.33. The minimum atomic E-state index is -1.57. The van der Waals surface area contributed by atoms with Crippen LogP contribution in [0.4, 0.5) is 8.78 Å². The summed E-state index contributed by atoms with van der Waals surface area (Å²) < 4.78 is 30.4. The maximum Gasteiger partial charge on any atom is 0.274 e. The zero-order valence-corrected chi connectivity index (χ0v) is 22.8. The first-order chi connectivity index (χ1) is 17.8. The van der Waals surface area contributed by atoms with Crippen molar-refractivity contribution in [3.8, 4) is 0 Å². The van der Waals surface area contributed by atoms with Crippen molar-refractivity contribution in [2.24, 2.45) is 0 Å². The lowest BCUT2D eigenvalue weighted by molar-refractivity contribution is 0.00966. The summed E-state index contributed by atoms with van der Waals surface area (Å²) >= 11 is 0. The number of aliphatic hydroxyl groups is 1. The van der Waals surface area contributed by atoms with E-state index in [0.29, 0.717) is 24.7 Å². The molecule has 2 aromatic rings. The highest BCUT2D eigenvalue weighted by Gasteiger charge is 2.37. The van der Waals surface area contributed by atoms with Gasteiger partial charge in [0.25, 0.3) is 5.91 Å². The van der Waals surface area contributed by atoms with E-state index in [1.807, 2.05) is 24.6 Å². The second-order valence-corrected chi connectivity index (χ2v) is 11.2. The van der Waals surface area contributed by atoms with Gasteiger partial charge in [0.05, 0.1) is 6.61 Å². The fourth-order valence-corrected chi connectivity index (χ4v) is 6.17. The summed E-state index contributed by atoms with van der Waals surface area (Å²) in [5.74, 6) is 0.243. The molecule has 0 bridgehead atoms. The fraction of sp³-hybridized carbons (Fsp3) is 0.667. The zero-order chi connectivity index (χ0) is 26.6. The SMILES string of the molecule is CCCC(CCCCCn1nc(C(=O)N2CCC(F)(CO)CC2)c2c1CCC2)c1ccc(F)c(C)c1C. The maximum absolute atomic E-state index is 14.4. The molecule has 2 heterocycles. The zero-order valence-electron chi connectivity index (χ0n) is 22.8. The highest BCUT2D eigenvalue weighted by molar-refractivity contribution is 5.94. The number of carbonyl (C=O) groups excluding carboxylic acids is 1. The van der Waals surface area contributed by atoms with Crippen LogP contribution in [-0.4, -0.2) is 51.1 Å². The molecule has 5 nitrogen and oxygen atoms in total. The molecule has 1 aromatic heterocycles. The molecule has 1 N–H and O–H groups in total. The Morgan fingerprint density at radius 3 is 2.57 bits per heavy atom. The standard InChI is InChI=1S/C30H43F2N3O2/c1-4-9-23(24-13-14-26(31)22(3)21(24)2)10-6-5-7-17-35-27-12-8-11-25(27)28(33-35)29(37)34-18-15-30(32,20-36)16-19-34/h13-14,23,36H,4-12,15-20H2,1-3H3. The Hall–Kier alpha value is -2.28. The van der Waals surface area contributed by atoms with E-state index in [0.717, 1.165) is 81.0 Å². The molecule has 0 saturated carbocycles. The van der Waals surface area contributed by atoms with Crippen molar-refractivity contribution in [3.05, 3.63) is 51.6 Å². The third kappa shape index (κ3) is 6.08. The topological polar surface area (TPSA) is 58.4 Å². The molecule has 1 amide bonds. The number of nitrogens with zero attached hydrogens (tertiary/aromatic N) is 3. The van der Waals surface area contributed by atoms with E-state index in [9.17, 15) is 18.7 Å². The molecular weight excluding hydrogens is 472 g/mol. The van der Waals surface area contributed by atoms with Crippen molar-refractivity contribution < 1.29 is 18.7 Å². The lowest BCUT2D eigenvalue weighted by Gasteiger charge is -2.35. The number of benzene rings is 1. The molecule has 2 aliphatic rings. The van der Waals surface area contributed by atoms with Crippen LogP contribution in [0.3, 0.4) is 0 Å².